The van der Waals surface area contributed by atoms with Gasteiger partial charge in [-0.1, -0.05) is 70.4 Å². The second kappa shape index (κ2) is 11.5. The minimum absolute atomic E-state index is 0.323. The Labute approximate surface area is 197 Å². The Morgan fingerprint density at radius 2 is 1.44 bits per heavy atom. The van der Waals surface area contributed by atoms with Crippen molar-refractivity contribution in [3.8, 4) is 5.75 Å². The molecule has 7 heteroatoms. The van der Waals surface area contributed by atoms with E-state index >= 15 is 0 Å². The summed E-state index contributed by atoms with van der Waals surface area (Å²) >= 11 is 0. The molecule has 188 valence electrons. The van der Waals surface area contributed by atoms with Gasteiger partial charge in [0.15, 0.2) is 0 Å². The van der Waals surface area contributed by atoms with E-state index in [4.69, 9.17) is 0 Å². The minimum atomic E-state index is -4.91. The molecule has 0 aliphatic heterocycles. The number of rotatable bonds is 10. The van der Waals surface area contributed by atoms with Gasteiger partial charge in [0, 0.05) is 6.07 Å². The Morgan fingerprint density at radius 3 is 2.00 bits per heavy atom. The van der Waals surface area contributed by atoms with Gasteiger partial charge < -0.3 is 4.74 Å². The van der Waals surface area contributed by atoms with E-state index in [1.165, 1.54) is 63.5 Å². The van der Waals surface area contributed by atoms with Gasteiger partial charge in [-0.15, -0.1) is 0 Å². The Morgan fingerprint density at radius 1 is 0.824 bits per heavy atom. The van der Waals surface area contributed by atoms with Crippen LogP contribution in [0.1, 0.15) is 81.4 Å². The van der Waals surface area contributed by atoms with E-state index in [1.54, 1.807) is 12.1 Å². The fourth-order valence-corrected chi connectivity index (χ4v) is 4.72. The Kier molecular flexibility index (Phi) is 8.94. The summed E-state index contributed by atoms with van der Waals surface area (Å²) in [6.45, 7) is 2.22. The van der Waals surface area contributed by atoms with E-state index in [0.29, 0.717) is 24.1 Å². The number of ether oxygens (including phenoxy) is 1. The zero-order valence-electron chi connectivity index (χ0n) is 19.4. The zero-order valence-corrected chi connectivity index (χ0v) is 19.4. The van der Waals surface area contributed by atoms with Gasteiger partial charge in [0.05, 0.1) is 11.1 Å². The molecule has 0 amide bonds. The molecule has 1 aliphatic rings. The quantitative estimate of drug-likeness (QED) is 0.240. The van der Waals surface area contributed by atoms with Gasteiger partial charge in [-0.3, -0.25) is 0 Å². The lowest BCUT2D eigenvalue weighted by Gasteiger charge is -2.28. The van der Waals surface area contributed by atoms with Gasteiger partial charge in [-0.25, -0.2) is 4.39 Å². The van der Waals surface area contributed by atoms with Crippen LogP contribution in [0.15, 0.2) is 42.5 Å². The number of benzene rings is 2. The highest BCUT2D eigenvalue weighted by atomic mass is 19.4. The average molecular weight is 487 g/mol. The third kappa shape index (κ3) is 7.41. The molecule has 0 spiro atoms. The lowest BCUT2D eigenvalue weighted by atomic mass is 9.78. The summed E-state index contributed by atoms with van der Waals surface area (Å²) in [6.07, 6.45) is 3.34. The van der Waals surface area contributed by atoms with Gasteiger partial charge in [0.2, 0.25) is 0 Å². The number of halogens is 6. The van der Waals surface area contributed by atoms with Crippen molar-refractivity contribution in [3.63, 3.8) is 0 Å². The fraction of sp³-hybridized carbons (Fsp3) is 0.556. The molecule has 0 unspecified atom stereocenters. The first kappa shape index (κ1) is 26.4. The highest BCUT2D eigenvalue weighted by Gasteiger charge is 2.37. The molecular formula is C27H32F6O. The molecule has 1 fully saturated rings. The van der Waals surface area contributed by atoms with Crippen molar-refractivity contribution in [2.45, 2.75) is 83.4 Å². The van der Waals surface area contributed by atoms with E-state index in [0.717, 1.165) is 24.3 Å². The molecular weight excluding hydrogens is 454 g/mol. The molecule has 0 N–H and O–H groups in total. The van der Waals surface area contributed by atoms with Crippen LogP contribution in [0.5, 0.6) is 5.75 Å². The molecule has 0 heterocycles. The summed E-state index contributed by atoms with van der Waals surface area (Å²) in [7, 11) is 0. The Hall–Kier alpha value is -2.18. The Balaban J connectivity index is 1.50. The van der Waals surface area contributed by atoms with E-state index in [-0.39, 0.29) is 0 Å². The van der Waals surface area contributed by atoms with Crippen LogP contribution in [-0.4, -0.2) is 0 Å². The van der Waals surface area contributed by atoms with Crippen LogP contribution in [0.25, 0.3) is 0 Å². The molecule has 3 rings (SSSR count). The van der Waals surface area contributed by atoms with Crippen molar-refractivity contribution in [1.29, 1.82) is 0 Å². The van der Waals surface area contributed by atoms with Crippen molar-refractivity contribution >= 4 is 0 Å². The predicted molar refractivity (Wildman–Crippen MR) is 120 cm³/mol. The molecule has 1 saturated carbocycles. The predicted octanol–water partition coefficient (Wildman–Crippen LogP) is 9.29. The van der Waals surface area contributed by atoms with Gasteiger partial charge in [0.1, 0.15) is 11.6 Å². The largest absolute Gasteiger partial charge is 0.429 e. The molecule has 34 heavy (non-hydrogen) atoms. The number of unbranched alkanes of at least 4 members (excludes halogenated alkanes) is 2. The zero-order chi connectivity index (χ0) is 24.8. The summed E-state index contributed by atoms with van der Waals surface area (Å²) in [5.74, 6) is -0.820. The highest BCUT2D eigenvalue weighted by molar-refractivity contribution is 5.32. The first-order valence-corrected chi connectivity index (χ1v) is 12.1. The van der Waals surface area contributed by atoms with Gasteiger partial charge in [-0.05, 0) is 54.5 Å². The number of alkyl halides is 5. The van der Waals surface area contributed by atoms with E-state index < -0.39 is 35.0 Å². The van der Waals surface area contributed by atoms with Gasteiger partial charge in [0.25, 0.3) is 0 Å². The molecule has 0 aromatic heterocycles. The summed E-state index contributed by atoms with van der Waals surface area (Å²) in [5, 5.41) is 0. The monoisotopic (exact) mass is 486 g/mol. The molecule has 0 radical (unpaired) electrons. The highest BCUT2D eigenvalue weighted by Crippen LogP contribution is 2.37. The molecule has 1 aliphatic carbocycles. The first-order valence-electron chi connectivity index (χ1n) is 12.1. The third-order valence-corrected chi connectivity index (χ3v) is 6.81. The minimum Gasteiger partial charge on any atom is -0.429 e. The van der Waals surface area contributed by atoms with Crippen LogP contribution in [0, 0.1) is 17.7 Å². The van der Waals surface area contributed by atoms with Crippen LogP contribution in [0.4, 0.5) is 26.3 Å². The molecule has 0 atom stereocenters. The van der Waals surface area contributed by atoms with Crippen molar-refractivity contribution < 1.29 is 31.1 Å². The average Bonchev–Trinajstić information content (AvgIpc) is 2.78. The van der Waals surface area contributed by atoms with Crippen LogP contribution in [-0.2, 0) is 18.7 Å². The van der Waals surface area contributed by atoms with Crippen molar-refractivity contribution in [1.82, 2.24) is 0 Å². The standard InChI is InChI=1S/C27H32F6O/c1-2-3-4-5-19-6-8-20(9-7-19)10-11-21-12-14-22(15-13-21)27(32,33)34-23-16-17-24(25(28)18-23)26(29,30)31/h12-20H,2-11H2,1H3/t19-,20-. The van der Waals surface area contributed by atoms with Crippen molar-refractivity contribution in [2.75, 3.05) is 0 Å². The molecule has 2 aromatic rings. The number of aryl methyl sites for hydroxylation is 1. The normalized spacial score (nSPS) is 19.3. The van der Waals surface area contributed by atoms with Gasteiger partial charge in [-0.2, -0.15) is 22.0 Å². The lowest BCUT2D eigenvalue weighted by molar-refractivity contribution is -0.185. The SMILES string of the molecule is CCCCC[C@H]1CC[C@H](CCc2ccc(C(F)(F)Oc3ccc(C(F)(F)F)c(F)c3)cc2)CC1. The van der Waals surface area contributed by atoms with Crippen LogP contribution in [0.2, 0.25) is 0 Å². The Bertz CT molecular complexity index is 898. The molecule has 1 nitrogen and oxygen atoms in total. The van der Waals surface area contributed by atoms with Crippen molar-refractivity contribution in [2.24, 2.45) is 11.8 Å². The maximum atomic E-state index is 14.5. The summed E-state index contributed by atoms with van der Waals surface area (Å²) in [4.78, 5) is 0. The maximum Gasteiger partial charge on any atom is 0.426 e. The second-order valence-electron chi connectivity index (χ2n) is 9.38. The second-order valence-corrected chi connectivity index (χ2v) is 9.38. The molecule has 2 aromatic carbocycles. The van der Waals surface area contributed by atoms with E-state index in [2.05, 4.69) is 11.7 Å². The van der Waals surface area contributed by atoms with Crippen LogP contribution < -0.4 is 4.74 Å². The van der Waals surface area contributed by atoms with Crippen molar-refractivity contribution in [3.05, 3.63) is 65.0 Å². The topological polar surface area (TPSA) is 9.23 Å². The van der Waals surface area contributed by atoms with Gasteiger partial charge >= 0.3 is 12.3 Å². The number of hydrogen-bond donors (Lipinski definition) is 0. The first-order chi connectivity index (χ1) is 16.1. The fourth-order valence-electron chi connectivity index (χ4n) is 4.72. The summed E-state index contributed by atoms with van der Waals surface area (Å²) < 4.78 is 85.1. The molecule has 0 saturated heterocycles. The smallest absolute Gasteiger partial charge is 0.426 e. The lowest BCUT2D eigenvalue weighted by Crippen LogP contribution is -2.22. The maximum absolute atomic E-state index is 14.5. The third-order valence-electron chi connectivity index (χ3n) is 6.81. The molecule has 0 bridgehead atoms. The van der Waals surface area contributed by atoms with E-state index in [9.17, 15) is 26.3 Å². The number of hydrogen-bond acceptors (Lipinski definition) is 1. The summed E-state index contributed by atoms with van der Waals surface area (Å²) in [5.41, 5.74) is -1.02. The summed E-state index contributed by atoms with van der Waals surface area (Å²) in [6, 6.07) is 7.15. The van der Waals surface area contributed by atoms with E-state index in [1.807, 2.05) is 0 Å². The van der Waals surface area contributed by atoms with Crippen LogP contribution >= 0.6 is 0 Å². The van der Waals surface area contributed by atoms with Crippen LogP contribution in [0.3, 0.4) is 0 Å².